The molecule has 212 valence electrons. The second-order valence-electron chi connectivity index (χ2n) is 10.2. The molecule has 0 bridgehead atoms. The topological polar surface area (TPSA) is 118 Å². The lowest BCUT2D eigenvalue weighted by molar-refractivity contribution is 0.0937. The highest BCUT2D eigenvalue weighted by molar-refractivity contribution is 5.83. The number of H-pyrrole nitrogens is 1. The van der Waals surface area contributed by atoms with Crippen molar-refractivity contribution in [1.29, 1.82) is 0 Å². The van der Waals surface area contributed by atoms with Crippen molar-refractivity contribution in [2.45, 2.75) is 12.6 Å². The molecular weight excluding hydrogens is 524 g/mol. The minimum Gasteiger partial charge on any atom is -0.497 e. The van der Waals surface area contributed by atoms with Crippen molar-refractivity contribution < 1.29 is 14.6 Å². The van der Waals surface area contributed by atoms with Gasteiger partial charge in [-0.15, -0.1) is 0 Å². The maximum atomic E-state index is 13.0. The van der Waals surface area contributed by atoms with E-state index in [1.807, 2.05) is 66.7 Å². The van der Waals surface area contributed by atoms with Crippen molar-refractivity contribution in [3.05, 3.63) is 87.6 Å². The number of imidazole rings is 1. The van der Waals surface area contributed by atoms with E-state index in [-0.39, 0.29) is 24.3 Å². The molecule has 11 heteroatoms. The van der Waals surface area contributed by atoms with E-state index in [0.717, 1.165) is 35.3 Å². The van der Waals surface area contributed by atoms with E-state index in [1.165, 1.54) is 4.57 Å². The van der Waals surface area contributed by atoms with Crippen molar-refractivity contribution in [2.75, 3.05) is 49.7 Å². The Balaban J connectivity index is 1.23. The molecule has 6 rings (SSSR count). The van der Waals surface area contributed by atoms with Gasteiger partial charge in [-0.3, -0.25) is 14.3 Å². The molecule has 0 spiro atoms. The van der Waals surface area contributed by atoms with Gasteiger partial charge in [0.1, 0.15) is 24.2 Å². The van der Waals surface area contributed by atoms with Gasteiger partial charge < -0.3 is 28.9 Å². The van der Waals surface area contributed by atoms with Gasteiger partial charge in [0.25, 0.3) is 5.56 Å². The van der Waals surface area contributed by atoms with Crippen molar-refractivity contribution in [3.63, 3.8) is 0 Å². The van der Waals surface area contributed by atoms with Crippen LogP contribution in [0.5, 0.6) is 11.5 Å². The summed E-state index contributed by atoms with van der Waals surface area (Å²) in [5, 5.41) is 13.2. The first kappa shape index (κ1) is 26.5. The number of methoxy groups -OCH3 is 1. The normalized spacial score (nSPS) is 14.5. The van der Waals surface area contributed by atoms with Crippen molar-refractivity contribution in [1.82, 2.24) is 19.1 Å². The van der Waals surface area contributed by atoms with Crippen LogP contribution in [0.2, 0.25) is 0 Å². The number of ether oxygens (including phenoxy) is 2. The number of piperazine rings is 1. The molecule has 11 nitrogen and oxygen atoms in total. The third-order valence-corrected chi connectivity index (χ3v) is 7.54. The molecule has 3 aromatic carbocycles. The lowest BCUT2D eigenvalue weighted by Gasteiger charge is -2.37. The molecule has 1 atom stereocenters. The highest BCUT2D eigenvalue weighted by Crippen LogP contribution is 2.25. The van der Waals surface area contributed by atoms with E-state index in [2.05, 4.69) is 14.8 Å². The first-order chi connectivity index (χ1) is 19.9. The summed E-state index contributed by atoms with van der Waals surface area (Å²) in [5.74, 6) is 1.99. The van der Waals surface area contributed by atoms with Gasteiger partial charge in [0.05, 0.1) is 13.7 Å². The molecule has 1 unspecified atom stereocenters. The summed E-state index contributed by atoms with van der Waals surface area (Å²) in [6.45, 7) is 2.85. The van der Waals surface area contributed by atoms with E-state index in [9.17, 15) is 14.7 Å². The van der Waals surface area contributed by atoms with Gasteiger partial charge >= 0.3 is 5.69 Å². The van der Waals surface area contributed by atoms with Crippen LogP contribution in [-0.2, 0) is 13.6 Å². The smallest absolute Gasteiger partial charge is 0.329 e. The maximum absolute atomic E-state index is 13.0. The number of aromatic nitrogens is 4. The number of nitrogens with zero attached hydrogens (tertiary/aromatic N) is 5. The molecule has 5 aromatic rings. The summed E-state index contributed by atoms with van der Waals surface area (Å²) in [6, 6.07) is 21.7. The van der Waals surface area contributed by atoms with Crippen molar-refractivity contribution in [3.8, 4) is 11.5 Å². The van der Waals surface area contributed by atoms with E-state index >= 15 is 0 Å². The summed E-state index contributed by atoms with van der Waals surface area (Å²) in [7, 11) is 3.22. The average molecular weight is 557 g/mol. The largest absolute Gasteiger partial charge is 0.497 e. The Morgan fingerprint density at radius 2 is 1.61 bits per heavy atom. The SMILES string of the molecule is COc1ccc(N2CCN(c3nc4c(c(=O)[nH]c(=O)n4C)n3CC(O)COc3ccc4ccccc4c3)CC2)cc1. The van der Waals surface area contributed by atoms with Crippen LogP contribution in [-0.4, -0.2) is 70.2 Å². The van der Waals surface area contributed by atoms with Crippen LogP contribution in [0, 0.1) is 0 Å². The number of hydrogen-bond donors (Lipinski definition) is 2. The van der Waals surface area contributed by atoms with Crippen molar-refractivity contribution >= 4 is 33.6 Å². The Kier molecular flexibility index (Phi) is 7.10. The third-order valence-electron chi connectivity index (χ3n) is 7.54. The van der Waals surface area contributed by atoms with E-state index < -0.39 is 17.4 Å². The fourth-order valence-corrected chi connectivity index (χ4v) is 5.31. The molecule has 1 aliphatic heterocycles. The standard InChI is InChI=1S/C30H32N6O5/c1-33-27-26(28(38)32-30(33)39)36(18-23(37)19-41-25-10-7-20-5-3-4-6-21(20)17-25)29(31-27)35-15-13-34(14-16-35)22-8-11-24(40-2)12-9-22/h3-12,17,23,37H,13-16,18-19H2,1-2H3,(H,32,38,39). The van der Waals surface area contributed by atoms with Crippen LogP contribution in [0.3, 0.4) is 0 Å². The number of nitrogens with one attached hydrogen (secondary N) is 1. The number of anilines is 2. The zero-order valence-corrected chi connectivity index (χ0v) is 23.0. The molecule has 41 heavy (non-hydrogen) atoms. The number of benzene rings is 3. The first-order valence-electron chi connectivity index (χ1n) is 13.5. The van der Waals surface area contributed by atoms with E-state index in [0.29, 0.717) is 24.8 Å². The maximum Gasteiger partial charge on any atom is 0.329 e. The zero-order valence-electron chi connectivity index (χ0n) is 23.0. The Bertz CT molecular complexity index is 1800. The molecule has 1 fully saturated rings. The van der Waals surface area contributed by atoms with Crippen molar-refractivity contribution in [2.24, 2.45) is 7.05 Å². The molecule has 0 aliphatic carbocycles. The number of aliphatic hydroxyl groups is 1. The summed E-state index contributed by atoms with van der Waals surface area (Å²) >= 11 is 0. The number of aliphatic hydroxyl groups excluding tert-OH is 1. The van der Waals surface area contributed by atoms with Crippen LogP contribution in [0.4, 0.5) is 11.6 Å². The fraction of sp³-hybridized carbons (Fsp3) is 0.300. The molecule has 3 heterocycles. The van der Waals surface area contributed by atoms with Crippen LogP contribution in [0.25, 0.3) is 21.9 Å². The summed E-state index contributed by atoms with van der Waals surface area (Å²) in [4.78, 5) is 36.7. The Labute approximate surface area is 235 Å². The van der Waals surface area contributed by atoms with Gasteiger partial charge in [0.2, 0.25) is 5.95 Å². The molecule has 0 amide bonds. The van der Waals surface area contributed by atoms with Gasteiger partial charge in [-0.25, -0.2) is 4.79 Å². The number of hydrogen-bond acceptors (Lipinski definition) is 8. The van der Waals surface area contributed by atoms with Gasteiger partial charge in [0, 0.05) is 38.9 Å². The molecular formula is C30H32N6O5. The van der Waals surface area contributed by atoms with Gasteiger partial charge in [-0.05, 0) is 47.2 Å². The number of fused-ring (bicyclic) bond motifs is 2. The van der Waals surface area contributed by atoms with Gasteiger partial charge in [-0.2, -0.15) is 4.98 Å². The molecule has 1 saturated heterocycles. The molecule has 1 aliphatic rings. The number of rotatable bonds is 8. The highest BCUT2D eigenvalue weighted by Gasteiger charge is 2.26. The average Bonchev–Trinajstić information content (AvgIpc) is 3.38. The molecule has 2 aromatic heterocycles. The Hall–Kier alpha value is -4.77. The molecule has 0 radical (unpaired) electrons. The zero-order chi connectivity index (χ0) is 28.5. The number of aromatic amines is 1. The minimum absolute atomic E-state index is 0.0202. The van der Waals surface area contributed by atoms with E-state index in [4.69, 9.17) is 14.5 Å². The second kappa shape index (κ2) is 11.0. The van der Waals surface area contributed by atoms with Crippen LogP contribution >= 0.6 is 0 Å². The second-order valence-corrected chi connectivity index (χ2v) is 10.2. The summed E-state index contributed by atoms with van der Waals surface area (Å²) in [5.41, 5.74) is 0.530. The Morgan fingerprint density at radius 1 is 0.927 bits per heavy atom. The summed E-state index contributed by atoms with van der Waals surface area (Å²) < 4.78 is 14.2. The molecule has 2 N–H and O–H groups in total. The predicted octanol–water partition coefficient (Wildman–Crippen LogP) is 2.35. The van der Waals surface area contributed by atoms with Gasteiger partial charge in [0.15, 0.2) is 11.2 Å². The number of aryl methyl sites for hydroxylation is 1. The lowest BCUT2D eigenvalue weighted by Crippen LogP contribution is -2.47. The molecule has 0 saturated carbocycles. The monoisotopic (exact) mass is 556 g/mol. The third kappa shape index (κ3) is 5.23. The predicted molar refractivity (Wildman–Crippen MR) is 158 cm³/mol. The summed E-state index contributed by atoms with van der Waals surface area (Å²) in [6.07, 6.45) is -0.935. The lowest BCUT2D eigenvalue weighted by atomic mass is 10.1. The van der Waals surface area contributed by atoms with E-state index in [1.54, 1.807) is 18.7 Å². The van der Waals surface area contributed by atoms with Crippen LogP contribution in [0.1, 0.15) is 0 Å². The Morgan fingerprint density at radius 3 is 2.34 bits per heavy atom. The first-order valence-corrected chi connectivity index (χ1v) is 13.5. The fourth-order valence-electron chi connectivity index (χ4n) is 5.31. The van der Waals surface area contributed by atoms with Crippen LogP contribution in [0.15, 0.2) is 76.3 Å². The quantitative estimate of drug-likeness (QED) is 0.299. The minimum atomic E-state index is -0.935. The highest BCUT2D eigenvalue weighted by atomic mass is 16.5. The van der Waals surface area contributed by atoms with Gasteiger partial charge in [-0.1, -0.05) is 30.3 Å². The van der Waals surface area contributed by atoms with Crippen LogP contribution < -0.4 is 30.5 Å².